The summed E-state index contributed by atoms with van der Waals surface area (Å²) in [6.45, 7) is 3.76. The van der Waals surface area contributed by atoms with Gasteiger partial charge in [0.2, 0.25) is 0 Å². The van der Waals surface area contributed by atoms with Crippen molar-refractivity contribution in [1.82, 2.24) is 10.2 Å². The Balaban J connectivity index is 1.46. The third-order valence-corrected chi connectivity index (χ3v) is 6.86. The normalized spacial score (nSPS) is 23.7. The number of amides is 2. The fraction of sp³-hybridized carbons (Fsp3) is 0.440. The van der Waals surface area contributed by atoms with Crippen molar-refractivity contribution in [3.8, 4) is 5.75 Å². The van der Waals surface area contributed by atoms with E-state index >= 15 is 0 Å². The van der Waals surface area contributed by atoms with Gasteiger partial charge >= 0.3 is 6.09 Å². The van der Waals surface area contributed by atoms with Gasteiger partial charge in [-0.05, 0) is 73.6 Å². The zero-order chi connectivity index (χ0) is 22.2. The lowest BCUT2D eigenvalue weighted by Gasteiger charge is -2.39. The molecule has 7 heteroatoms. The van der Waals surface area contributed by atoms with Crippen LogP contribution in [0.5, 0.6) is 5.75 Å². The van der Waals surface area contributed by atoms with Crippen LogP contribution in [0.1, 0.15) is 59.8 Å². The van der Waals surface area contributed by atoms with Crippen molar-refractivity contribution in [2.24, 2.45) is 11.8 Å². The fourth-order valence-corrected chi connectivity index (χ4v) is 5.06. The monoisotopic (exact) mass is 435 g/mol. The van der Waals surface area contributed by atoms with Crippen LogP contribution in [0.15, 0.2) is 42.5 Å². The number of carbonyl (C=O) groups excluding carboxylic acids is 1. The van der Waals surface area contributed by atoms with E-state index in [0.717, 1.165) is 29.0 Å². The predicted octanol–water partition coefficient (Wildman–Crippen LogP) is 4.43. The van der Waals surface area contributed by atoms with E-state index in [0.29, 0.717) is 31.2 Å². The van der Waals surface area contributed by atoms with Crippen LogP contribution in [-0.2, 0) is 0 Å². The summed E-state index contributed by atoms with van der Waals surface area (Å²) in [5.41, 5.74) is 3.46. The predicted molar refractivity (Wildman–Crippen MR) is 121 cm³/mol. The van der Waals surface area contributed by atoms with Gasteiger partial charge in [0.05, 0.1) is 18.7 Å². The largest absolute Gasteiger partial charge is 0.494 e. The quantitative estimate of drug-likeness (QED) is 0.624. The molecule has 2 aliphatic heterocycles. The zero-order valence-corrected chi connectivity index (χ0v) is 18.2. The Kier molecular flexibility index (Phi) is 5.41. The molecule has 7 nitrogen and oxygen atoms in total. The molecule has 3 unspecified atom stereocenters. The molecular weight excluding hydrogens is 406 g/mol. The molecule has 3 aliphatic rings. The Morgan fingerprint density at radius 1 is 1.16 bits per heavy atom. The van der Waals surface area contributed by atoms with Crippen molar-refractivity contribution in [1.29, 1.82) is 0 Å². The first-order valence-corrected chi connectivity index (χ1v) is 11.5. The molecule has 2 aromatic carbocycles. The Morgan fingerprint density at radius 3 is 2.62 bits per heavy atom. The van der Waals surface area contributed by atoms with Gasteiger partial charge < -0.3 is 25.4 Å². The molecule has 2 aromatic rings. The number of carbonyl (C=O) groups is 2. The summed E-state index contributed by atoms with van der Waals surface area (Å²) in [6, 6.07) is 13.3. The Morgan fingerprint density at radius 2 is 1.94 bits per heavy atom. The van der Waals surface area contributed by atoms with E-state index in [1.54, 1.807) is 0 Å². The van der Waals surface area contributed by atoms with Crippen molar-refractivity contribution in [3.63, 3.8) is 0 Å². The molecule has 1 aliphatic carbocycles. The molecule has 3 N–H and O–H groups in total. The maximum Gasteiger partial charge on any atom is 0.407 e. The van der Waals surface area contributed by atoms with E-state index in [4.69, 9.17) is 4.74 Å². The number of ether oxygens (including phenoxy) is 1. The van der Waals surface area contributed by atoms with Crippen LogP contribution in [0, 0.1) is 11.8 Å². The molecule has 5 rings (SSSR count). The van der Waals surface area contributed by atoms with E-state index in [1.165, 1.54) is 17.7 Å². The topological polar surface area (TPSA) is 90.9 Å². The Labute approximate surface area is 187 Å². The molecule has 0 aromatic heterocycles. The molecule has 168 valence electrons. The minimum absolute atomic E-state index is 0.0120. The minimum Gasteiger partial charge on any atom is -0.494 e. The van der Waals surface area contributed by atoms with Gasteiger partial charge in [-0.1, -0.05) is 12.1 Å². The van der Waals surface area contributed by atoms with E-state index in [1.807, 2.05) is 49.4 Å². The highest BCUT2D eigenvalue weighted by molar-refractivity contribution is 5.95. The second-order valence-electron chi connectivity index (χ2n) is 8.95. The van der Waals surface area contributed by atoms with Crippen molar-refractivity contribution < 1.29 is 19.4 Å². The summed E-state index contributed by atoms with van der Waals surface area (Å²) in [7, 11) is 0. The number of carboxylic acid groups (broad SMARTS) is 1. The summed E-state index contributed by atoms with van der Waals surface area (Å²) >= 11 is 0. The average molecular weight is 436 g/mol. The second kappa shape index (κ2) is 8.37. The molecule has 0 bridgehead atoms. The Bertz CT molecular complexity index is 1020. The molecular formula is C25H29N3O4. The van der Waals surface area contributed by atoms with Crippen molar-refractivity contribution in [2.45, 2.75) is 38.3 Å². The van der Waals surface area contributed by atoms with Gasteiger partial charge in [-0.15, -0.1) is 0 Å². The van der Waals surface area contributed by atoms with Gasteiger partial charge in [-0.2, -0.15) is 0 Å². The average Bonchev–Trinajstić information content (AvgIpc) is 3.52. The van der Waals surface area contributed by atoms with Crippen molar-refractivity contribution >= 4 is 17.7 Å². The van der Waals surface area contributed by atoms with Gasteiger partial charge in [-0.3, -0.25) is 4.79 Å². The highest BCUT2D eigenvalue weighted by Crippen LogP contribution is 2.51. The van der Waals surface area contributed by atoms with Gasteiger partial charge in [0.25, 0.3) is 5.91 Å². The summed E-state index contributed by atoms with van der Waals surface area (Å²) in [5, 5.41) is 16.5. The van der Waals surface area contributed by atoms with Gasteiger partial charge in [0, 0.05) is 30.3 Å². The lowest BCUT2D eigenvalue weighted by Crippen LogP contribution is -2.37. The molecule has 2 heterocycles. The summed E-state index contributed by atoms with van der Waals surface area (Å²) in [4.78, 5) is 26.2. The number of hydrogen-bond acceptors (Lipinski definition) is 4. The van der Waals surface area contributed by atoms with Crippen molar-refractivity contribution in [2.75, 3.05) is 25.0 Å². The second-order valence-corrected chi connectivity index (χ2v) is 8.95. The standard InChI is InChI=1S/C25H29N3O4/c1-2-32-18-8-5-16(6-9-18)22-19-11-12-28(25(30)31)23(19)20-13-17(7-10-21(20)27-22)24(29)26-14-15-3-4-15/h5-10,13,15,19,22-23,27H,2-4,11-12,14H2,1H3,(H,26,29)(H,30,31). The number of anilines is 1. The first kappa shape index (κ1) is 20.7. The van der Waals surface area contributed by atoms with E-state index < -0.39 is 6.09 Å². The molecule has 3 atom stereocenters. The van der Waals surface area contributed by atoms with Crippen LogP contribution in [0.2, 0.25) is 0 Å². The molecule has 2 amide bonds. The lowest BCUT2D eigenvalue weighted by atomic mass is 9.79. The van der Waals surface area contributed by atoms with Crippen molar-refractivity contribution in [3.05, 3.63) is 59.2 Å². The zero-order valence-electron chi connectivity index (χ0n) is 18.2. The summed E-state index contributed by atoms with van der Waals surface area (Å²) < 4.78 is 5.57. The van der Waals surface area contributed by atoms with E-state index in [-0.39, 0.29) is 23.9 Å². The van der Waals surface area contributed by atoms with Gasteiger partial charge in [-0.25, -0.2) is 4.79 Å². The van der Waals surface area contributed by atoms with Gasteiger partial charge in [0.15, 0.2) is 0 Å². The maximum atomic E-state index is 12.7. The number of nitrogens with zero attached hydrogens (tertiary/aromatic N) is 1. The van der Waals surface area contributed by atoms with Crippen LogP contribution in [-0.4, -0.2) is 41.7 Å². The highest BCUT2D eigenvalue weighted by Gasteiger charge is 2.46. The van der Waals surface area contributed by atoms with Gasteiger partial charge in [0.1, 0.15) is 5.75 Å². The Hall–Kier alpha value is -3.22. The molecule has 32 heavy (non-hydrogen) atoms. The molecule has 1 saturated heterocycles. The molecule has 1 saturated carbocycles. The molecule has 0 spiro atoms. The SMILES string of the molecule is CCOc1ccc(C2Nc3ccc(C(=O)NCC4CC4)cc3C3C2CCN3C(=O)O)cc1. The first-order valence-electron chi connectivity index (χ1n) is 11.5. The van der Waals surface area contributed by atoms with Crippen LogP contribution < -0.4 is 15.4 Å². The van der Waals surface area contributed by atoms with Crippen LogP contribution in [0.3, 0.4) is 0 Å². The molecule has 2 fully saturated rings. The number of hydrogen-bond donors (Lipinski definition) is 3. The van der Waals surface area contributed by atoms with Crippen LogP contribution >= 0.6 is 0 Å². The number of nitrogens with one attached hydrogen (secondary N) is 2. The van der Waals surface area contributed by atoms with Crippen LogP contribution in [0.4, 0.5) is 10.5 Å². The number of benzene rings is 2. The highest BCUT2D eigenvalue weighted by atomic mass is 16.5. The first-order chi connectivity index (χ1) is 15.5. The third kappa shape index (κ3) is 3.87. The smallest absolute Gasteiger partial charge is 0.407 e. The van der Waals surface area contributed by atoms with E-state index in [9.17, 15) is 14.7 Å². The number of rotatable bonds is 6. The van der Waals surface area contributed by atoms with Crippen LogP contribution in [0.25, 0.3) is 0 Å². The summed E-state index contributed by atoms with van der Waals surface area (Å²) in [6.07, 6.45) is 2.20. The van der Waals surface area contributed by atoms with E-state index in [2.05, 4.69) is 10.6 Å². The fourth-order valence-electron chi connectivity index (χ4n) is 5.06. The summed E-state index contributed by atoms with van der Waals surface area (Å²) in [5.74, 6) is 1.42. The number of likely N-dealkylation sites (tertiary alicyclic amines) is 1. The molecule has 0 radical (unpaired) electrons. The third-order valence-electron chi connectivity index (χ3n) is 6.86. The minimum atomic E-state index is -0.917. The lowest BCUT2D eigenvalue weighted by molar-refractivity contribution is 0.0951. The number of fused-ring (bicyclic) bond motifs is 3. The maximum absolute atomic E-state index is 12.7.